The van der Waals surface area contributed by atoms with E-state index in [4.69, 9.17) is 15.3 Å². The Kier molecular flexibility index (Phi) is 2.74. The highest BCUT2D eigenvalue weighted by atomic mass is 16.4. The molecule has 1 atom stereocenters. The van der Waals surface area contributed by atoms with Crippen LogP contribution in [0.2, 0.25) is 0 Å². The molecule has 4 nitrogen and oxygen atoms in total. The van der Waals surface area contributed by atoms with E-state index >= 15 is 0 Å². The molecule has 1 aromatic heterocycles. The highest BCUT2D eigenvalue weighted by Crippen LogP contribution is 2.21. The molecule has 0 aliphatic carbocycles. The maximum atomic E-state index is 10.6. The summed E-state index contributed by atoms with van der Waals surface area (Å²) in [5, 5.41) is 8.72. The molecule has 0 saturated carbocycles. The molecule has 1 heterocycles. The highest BCUT2D eigenvalue weighted by Gasteiger charge is 2.15. The molecule has 3 N–H and O–H groups in total. The Morgan fingerprint density at radius 3 is 2.44 bits per heavy atom. The first-order chi connectivity index (χ1) is 7.68. The number of rotatable bonds is 3. The number of benzene rings is 1. The van der Waals surface area contributed by atoms with Gasteiger partial charge in [0.05, 0.1) is 6.04 Å². The van der Waals surface area contributed by atoms with Gasteiger partial charge in [-0.25, -0.2) is 4.79 Å². The fourth-order valence-corrected chi connectivity index (χ4v) is 1.46. The molecule has 2 rings (SSSR count). The molecular weight excluding hydrogens is 206 g/mol. The van der Waals surface area contributed by atoms with Gasteiger partial charge in [0.1, 0.15) is 5.76 Å². The number of carboxylic acids is 1. The van der Waals surface area contributed by atoms with Crippen LogP contribution >= 0.6 is 0 Å². The number of aromatic carboxylic acids is 1. The van der Waals surface area contributed by atoms with Crippen molar-refractivity contribution in [2.75, 3.05) is 0 Å². The molecule has 1 unspecified atom stereocenters. The van der Waals surface area contributed by atoms with Crippen LogP contribution in [0.15, 0.2) is 46.9 Å². The third-order valence-corrected chi connectivity index (χ3v) is 2.30. The average molecular weight is 217 g/mol. The summed E-state index contributed by atoms with van der Waals surface area (Å²) in [6, 6.07) is 11.9. The molecule has 82 valence electrons. The van der Waals surface area contributed by atoms with E-state index in [9.17, 15) is 4.79 Å². The number of furan rings is 1. The van der Waals surface area contributed by atoms with E-state index in [1.165, 1.54) is 6.07 Å². The summed E-state index contributed by atoms with van der Waals surface area (Å²) in [5.74, 6) is -0.739. The molecule has 2 aromatic rings. The summed E-state index contributed by atoms with van der Waals surface area (Å²) < 4.78 is 5.14. The largest absolute Gasteiger partial charge is 0.475 e. The molecular formula is C12H11NO3. The van der Waals surface area contributed by atoms with Crippen molar-refractivity contribution in [2.45, 2.75) is 6.04 Å². The standard InChI is InChI=1S/C12H11NO3/c13-11(8-4-2-1-3-5-8)9-6-7-10(16-9)12(14)15/h1-7,11H,13H2,(H,14,15). The Bertz CT molecular complexity index is 490. The first kappa shape index (κ1) is 10.4. The van der Waals surface area contributed by atoms with Gasteiger partial charge < -0.3 is 15.3 Å². The maximum Gasteiger partial charge on any atom is 0.371 e. The second-order valence-corrected chi connectivity index (χ2v) is 3.40. The second-order valence-electron chi connectivity index (χ2n) is 3.40. The predicted octanol–water partition coefficient (Wildman–Crippen LogP) is 2.03. The zero-order valence-electron chi connectivity index (χ0n) is 8.46. The van der Waals surface area contributed by atoms with Crippen LogP contribution in [0.1, 0.15) is 27.9 Å². The van der Waals surface area contributed by atoms with Gasteiger partial charge in [-0.05, 0) is 17.7 Å². The predicted molar refractivity (Wildman–Crippen MR) is 58.1 cm³/mol. The van der Waals surface area contributed by atoms with Crippen LogP contribution in [0.4, 0.5) is 0 Å². The summed E-state index contributed by atoms with van der Waals surface area (Å²) in [5.41, 5.74) is 6.83. The van der Waals surface area contributed by atoms with E-state index in [0.717, 1.165) is 5.56 Å². The van der Waals surface area contributed by atoms with Crippen molar-refractivity contribution in [3.63, 3.8) is 0 Å². The Balaban J connectivity index is 2.27. The number of nitrogens with two attached hydrogens (primary N) is 1. The molecule has 0 fully saturated rings. The highest BCUT2D eigenvalue weighted by molar-refractivity contribution is 5.84. The van der Waals surface area contributed by atoms with Gasteiger partial charge >= 0.3 is 5.97 Å². The van der Waals surface area contributed by atoms with Crippen molar-refractivity contribution in [3.05, 3.63) is 59.5 Å². The van der Waals surface area contributed by atoms with Gasteiger partial charge in [-0.15, -0.1) is 0 Å². The number of carbonyl (C=O) groups is 1. The zero-order chi connectivity index (χ0) is 11.5. The van der Waals surface area contributed by atoms with Crippen LogP contribution in [0.25, 0.3) is 0 Å². The summed E-state index contributed by atoms with van der Waals surface area (Å²) in [6.45, 7) is 0. The molecule has 0 radical (unpaired) electrons. The lowest BCUT2D eigenvalue weighted by Gasteiger charge is -2.08. The molecule has 1 aromatic carbocycles. The number of carboxylic acid groups (broad SMARTS) is 1. The molecule has 0 aliphatic rings. The minimum absolute atomic E-state index is 0.0959. The van der Waals surface area contributed by atoms with E-state index in [0.29, 0.717) is 5.76 Å². The van der Waals surface area contributed by atoms with Gasteiger partial charge in [-0.2, -0.15) is 0 Å². The first-order valence-electron chi connectivity index (χ1n) is 4.82. The van der Waals surface area contributed by atoms with Gasteiger partial charge in [-0.1, -0.05) is 30.3 Å². The second kappa shape index (κ2) is 4.20. The molecule has 4 heteroatoms. The minimum atomic E-state index is -1.09. The van der Waals surface area contributed by atoms with E-state index in [1.54, 1.807) is 6.07 Å². The SMILES string of the molecule is NC(c1ccccc1)c1ccc(C(=O)O)o1. The molecule has 0 aliphatic heterocycles. The van der Waals surface area contributed by atoms with E-state index in [-0.39, 0.29) is 5.76 Å². The van der Waals surface area contributed by atoms with Crippen LogP contribution in [0.5, 0.6) is 0 Å². The minimum Gasteiger partial charge on any atom is -0.475 e. The van der Waals surface area contributed by atoms with E-state index < -0.39 is 12.0 Å². The topological polar surface area (TPSA) is 76.5 Å². The smallest absolute Gasteiger partial charge is 0.371 e. The van der Waals surface area contributed by atoms with Gasteiger partial charge in [0, 0.05) is 0 Å². The van der Waals surface area contributed by atoms with E-state index in [2.05, 4.69) is 0 Å². The van der Waals surface area contributed by atoms with Crippen LogP contribution in [-0.4, -0.2) is 11.1 Å². The van der Waals surface area contributed by atoms with E-state index in [1.807, 2.05) is 30.3 Å². The monoisotopic (exact) mass is 217 g/mol. The van der Waals surface area contributed by atoms with Gasteiger partial charge in [0.2, 0.25) is 5.76 Å². The molecule has 0 saturated heterocycles. The van der Waals surface area contributed by atoms with Crippen molar-refractivity contribution in [2.24, 2.45) is 5.73 Å². The molecule has 0 bridgehead atoms. The lowest BCUT2D eigenvalue weighted by molar-refractivity contribution is 0.0660. The van der Waals surface area contributed by atoms with Crippen molar-refractivity contribution < 1.29 is 14.3 Å². The Labute approximate surface area is 92.3 Å². The zero-order valence-corrected chi connectivity index (χ0v) is 8.46. The van der Waals surface area contributed by atoms with Crippen LogP contribution < -0.4 is 5.73 Å². The van der Waals surface area contributed by atoms with Gasteiger partial charge in [0.15, 0.2) is 0 Å². The lowest BCUT2D eigenvalue weighted by Crippen LogP contribution is -2.10. The average Bonchev–Trinajstić information content (AvgIpc) is 2.78. The van der Waals surface area contributed by atoms with Gasteiger partial charge in [0.25, 0.3) is 0 Å². The Morgan fingerprint density at radius 2 is 1.88 bits per heavy atom. The fraction of sp³-hybridized carbons (Fsp3) is 0.0833. The summed E-state index contributed by atoms with van der Waals surface area (Å²) >= 11 is 0. The van der Waals surface area contributed by atoms with Crippen molar-refractivity contribution >= 4 is 5.97 Å². The van der Waals surface area contributed by atoms with Crippen LogP contribution in [0, 0.1) is 0 Å². The Hall–Kier alpha value is -2.07. The molecule has 16 heavy (non-hydrogen) atoms. The van der Waals surface area contributed by atoms with Crippen molar-refractivity contribution in [1.29, 1.82) is 0 Å². The third kappa shape index (κ3) is 1.97. The first-order valence-corrected chi connectivity index (χ1v) is 4.82. The summed E-state index contributed by atoms with van der Waals surface area (Å²) in [6.07, 6.45) is 0. The lowest BCUT2D eigenvalue weighted by atomic mass is 10.1. The van der Waals surface area contributed by atoms with Crippen LogP contribution in [0.3, 0.4) is 0 Å². The normalized spacial score (nSPS) is 12.3. The quantitative estimate of drug-likeness (QED) is 0.824. The number of hydrogen-bond donors (Lipinski definition) is 2. The molecule has 0 spiro atoms. The van der Waals surface area contributed by atoms with Crippen LogP contribution in [-0.2, 0) is 0 Å². The number of hydrogen-bond acceptors (Lipinski definition) is 3. The van der Waals surface area contributed by atoms with Crippen molar-refractivity contribution in [1.82, 2.24) is 0 Å². The van der Waals surface area contributed by atoms with Gasteiger partial charge in [-0.3, -0.25) is 0 Å². The Morgan fingerprint density at radius 1 is 1.19 bits per heavy atom. The maximum absolute atomic E-state index is 10.6. The fourth-order valence-electron chi connectivity index (χ4n) is 1.46. The van der Waals surface area contributed by atoms with Crippen molar-refractivity contribution in [3.8, 4) is 0 Å². The summed E-state index contributed by atoms with van der Waals surface area (Å²) in [7, 11) is 0. The third-order valence-electron chi connectivity index (χ3n) is 2.30. The molecule has 0 amide bonds. The summed E-state index contributed by atoms with van der Waals surface area (Å²) in [4.78, 5) is 10.6.